The first-order chi connectivity index (χ1) is 8.41. The molecule has 0 aromatic heterocycles. The second kappa shape index (κ2) is 9.81. The standard InChI is InChI=1S/C11H23N3O4/c1-13(6-3-10(15)16)7-4-12-5-8-14(2)9-11(17)18/h12H,3-9H2,1-2H3,(H,15,16)(H,17,18). The van der Waals surface area contributed by atoms with Gasteiger partial charge in [-0.3, -0.25) is 14.5 Å². The van der Waals surface area contributed by atoms with Crippen LogP contribution in [0.3, 0.4) is 0 Å². The van der Waals surface area contributed by atoms with Crippen LogP contribution in [0.15, 0.2) is 0 Å². The average molecular weight is 261 g/mol. The SMILES string of the molecule is CN(CCNCCN(C)CC(=O)O)CCC(=O)O. The first-order valence-electron chi connectivity index (χ1n) is 5.93. The molecule has 7 nitrogen and oxygen atoms in total. The molecule has 7 heteroatoms. The molecule has 0 aromatic rings. The Hall–Kier alpha value is -1.18. The topological polar surface area (TPSA) is 93.1 Å². The monoisotopic (exact) mass is 261 g/mol. The third-order valence-corrected chi connectivity index (χ3v) is 2.45. The largest absolute Gasteiger partial charge is 0.481 e. The number of carboxylic acid groups (broad SMARTS) is 2. The summed E-state index contributed by atoms with van der Waals surface area (Å²) in [6.45, 7) is 3.50. The van der Waals surface area contributed by atoms with Crippen LogP contribution in [0.4, 0.5) is 0 Å². The second-order valence-corrected chi connectivity index (χ2v) is 4.33. The van der Waals surface area contributed by atoms with Gasteiger partial charge in [0.25, 0.3) is 0 Å². The van der Waals surface area contributed by atoms with Gasteiger partial charge in [-0.25, -0.2) is 0 Å². The zero-order valence-electron chi connectivity index (χ0n) is 11.1. The number of rotatable bonds is 11. The van der Waals surface area contributed by atoms with Crippen molar-refractivity contribution in [3.63, 3.8) is 0 Å². The molecule has 106 valence electrons. The third kappa shape index (κ3) is 11.3. The Bertz CT molecular complexity index is 261. The summed E-state index contributed by atoms with van der Waals surface area (Å²) in [6.07, 6.45) is 0.151. The predicted octanol–water partition coefficient (Wildman–Crippen LogP) is -1.00. The molecule has 0 unspecified atom stereocenters. The molecule has 0 bridgehead atoms. The lowest BCUT2D eigenvalue weighted by atomic mass is 10.4. The summed E-state index contributed by atoms with van der Waals surface area (Å²) in [4.78, 5) is 24.4. The van der Waals surface area contributed by atoms with Crippen LogP contribution >= 0.6 is 0 Å². The number of nitrogens with one attached hydrogen (secondary N) is 1. The molecule has 0 spiro atoms. The Morgan fingerprint density at radius 3 is 2.00 bits per heavy atom. The number of aliphatic carboxylic acids is 2. The molecular weight excluding hydrogens is 238 g/mol. The molecule has 0 fully saturated rings. The van der Waals surface area contributed by atoms with E-state index in [1.54, 1.807) is 11.9 Å². The highest BCUT2D eigenvalue weighted by Gasteiger charge is 2.04. The average Bonchev–Trinajstić information content (AvgIpc) is 2.24. The molecule has 0 saturated carbocycles. The Morgan fingerprint density at radius 2 is 1.50 bits per heavy atom. The van der Waals surface area contributed by atoms with Gasteiger partial charge in [0.2, 0.25) is 0 Å². The van der Waals surface area contributed by atoms with Gasteiger partial charge in [-0.15, -0.1) is 0 Å². The molecule has 0 rings (SSSR count). The minimum absolute atomic E-state index is 0.0419. The van der Waals surface area contributed by atoms with Gasteiger partial charge in [0, 0.05) is 32.7 Å². The van der Waals surface area contributed by atoms with Crippen LogP contribution in [0.25, 0.3) is 0 Å². The van der Waals surface area contributed by atoms with Crippen LogP contribution in [-0.4, -0.2) is 85.3 Å². The highest BCUT2D eigenvalue weighted by Crippen LogP contribution is 1.86. The van der Waals surface area contributed by atoms with E-state index in [1.807, 2.05) is 11.9 Å². The van der Waals surface area contributed by atoms with Crippen molar-refractivity contribution in [2.45, 2.75) is 6.42 Å². The zero-order chi connectivity index (χ0) is 14.0. The fourth-order valence-corrected chi connectivity index (χ4v) is 1.37. The molecular formula is C11H23N3O4. The molecule has 0 atom stereocenters. The predicted molar refractivity (Wildman–Crippen MR) is 67.8 cm³/mol. The lowest BCUT2D eigenvalue weighted by molar-refractivity contribution is -0.138. The summed E-state index contributed by atoms with van der Waals surface area (Å²) < 4.78 is 0. The van der Waals surface area contributed by atoms with E-state index in [9.17, 15) is 9.59 Å². The second-order valence-electron chi connectivity index (χ2n) is 4.33. The van der Waals surface area contributed by atoms with Crippen molar-refractivity contribution in [3.8, 4) is 0 Å². The van der Waals surface area contributed by atoms with Gasteiger partial charge in [-0.05, 0) is 14.1 Å². The molecule has 3 N–H and O–H groups in total. The molecule has 0 aliphatic heterocycles. The normalized spacial score (nSPS) is 11.1. The van der Waals surface area contributed by atoms with Gasteiger partial charge in [-0.1, -0.05) is 0 Å². The van der Waals surface area contributed by atoms with Crippen LogP contribution in [-0.2, 0) is 9.59 Å². The van der Waals surface area contributed by atoms with E-state index in [0.717, 1.165) is 19.6 Å². The Kier molecular flexibility index (Phi) is 9.17. The van der Waals surface area contributed by atoms with Gasteiger partial charge in [0.15, 0.2) is 0 Å². The van der Waals surface area contributed by atoms with Crippen LogP contribution in [0.5, 0.6) is 0 Å². The van der Waals surface area contributed by atoms with Crippen molar-refractivity contribution in [2.75, 3.05) is 53.4 Å². The lowest BCUT2D eigenvalue weighted by Crippen LogP contribution is -2.36. The summed E-state index contributed by atoms with van der Waals surface area (Å²) in [7, 11) is 3.63. The molecule has 0 amide bonds. The molecule has 0 radical (unpaired) electrons. The maximum Gasteiger partial charge on any atom is 0.317 e. The maximum atomic E-state index is 10.4. The summed E-state index contributed by atoms with van der Waals surface area (Å²) in [5, 5.41) is 20.2. The number of carboxylic acids is 2. The van der Waals surface area contributed by atoms with Crippen molar-refractivity contribution in [1.29, 1.82) is 0 Å². The van der Waals surface area contributed by atoms with E-state index >= 15 is 0 Å². The molecule has 0 saturated heterocycles. The third-order valence-electron chi connectivity index (χ3n) is 2.45. The van der Waals surface area contributed by atoms with E-state index < -0.39 is 11.9 Å². The Labute approximate surface area is 107 Å². The smallest absolute Gasteiger partial charge is 0.317 e. The van der Waals surface area contributed by atoms with Crippen LogP contribution in [0.2, 0.25) is 0 Å². The van der Waals surface area contributed by atoms with Gasteiger partial charge in [0.1, 0.15) is 0 Å². The van der Waals surface area contributed by atoms with Crippen LogP contribution in [0.1, 0.15) is 6.42 Å². The maximum absolute atomic E-state index is 10.4. The first-order valence-corrected chi connectivity index (χ1v) is 5.93. The number of likely N-dealkylation sites (N-methyl/N-ethyl adjacent to an activating group) is 2. The van der Waals surface area contributed by atoms with E-state index in [4.69, 9.17) is 10.2 Å². The number of carbonyl (C=O) groups is 2. The molecule has 0 aromatic carbocycles. The van der Waals surface area contributed by atoms with Crippen molar-refractivity contribution in [3.05, 3.63) is 0 Å². The zero-order valence-corrected chi connectivity index (χ0v) is 11.1. The van der Waals surface area contributed by atoms with Gasteiger partial charge >= 0.3 is 11.9 Å². The van der Waals surface area contributed by atoms with Gasteiger partial charge in [0.05, 0.1) is 13.0 Å². The van der Waals surface area contributed by atoms with Gasteiger partial charge < -0.3 is 20.4 Å². The van der Waals surface area contributed by atoms with E-state index in [2.05, 4.69) is 5.32 Å². The number of hydrogen-bond acceptors (Lipinski definition) is 5. The van der Waals surface area contributed by atoms with E-state index in [1.165, 1.54) is 0 Å². The molecule has 0 aliphatic rings. The van der Waals surface area contributed by atoms with Crippen LogP contribution < -0.4 is 5.32 Å². The minimum Gasteiger partial charge on any atom is -0.481 e. The van der Waals surface area contributed by atoms with Gasteiger partial charge in [-0.2, -0.15) is 0 Å². The lowest BCUT2D eigenvalue weighted by Gasteiger charge is -2.17. The number of nitrogens with zero attached hydrogens (tertiary/aromatic N) is 2. The van der Waals surface area contributed by atoms with Crippen molar-refractivity contribution in [1.82, 2.24) is 15.1 Å². The molecule has 0 heterocycles. The summed E-state index contributed by atoms with van der Waals surface area (Å²) in [5.41, 5.74) is 0. The highest BCUT2D eigenvalue weighted by atomic mass is 16.4. The Morgan fingerprint density at radius 1 is 0.944 bits per heavy atom. The van der Waals surface area contributed by atoms with E-state index in [-0.39, 0.29) is 13.0 Å². The van der Waals surface area contributed by atoms with E-state index in [0.29, 0.717) is 13.1 Å². The fourth-order valence-electron chi connectivity index (χ4n) is 1.37. The minimum atomic E-state index is -0.828. The summed E-state index contributed by atoms with van der Waals surface area (Å²) >= 11 is 0. The van der Waals surface area contributed by atoms with Crippen molar-refractivity contribution >= 4 is 11.9 Å². The number of hydrogen-bond donors (Lipinski definition) is 3. The quantitative estimate of drug-likeness (QED) is 0.411. The Balaban J connectivity index is 3.39. The summed E-state index contributed by atoms with van der Waals surface area (Å²) in [5.74, 6) is -1.61. The summed E-state index contributed by atoms with van der Waals surface area (Å²) in [6, 6.07) is 0. The fraction of sp³-hybridized carbons (Fsp3) is 0.818. The first kappa shape index (κ1) is 16.8. The van der Waals surface area contributed by atoms with Crippen molar-refractivity contribution < 1.29 is 19.8 Å². The van der Waals surface area contributed by atoms with Crippen molar-refractivity contribution in [2.24, 2.45) is 0 Å². The van der Waals surface area contributed by atoms with Crippen LogP contribution in [0, 0.1) is 0 Å². The highest BCUT2D eigenvalue weighted by molar-refractivity contribution is 5.69. The molecule has 18 heavy (non-hydrogen) atoms. The molecule has 0 aliphatic carbocycles.